The summed E-state index contributed by atoms with van der Waals surface area (Å²) in [6, 6.07) is 60.4. The van der Waals surface area contributed by atoms with E-state index in [-0.39, 0.29) is 11.3 Å². The van der Waals surface area contributed by atoms with E-state index in [9.17, 15) is 0 Å². The molecule has 0 fully saturated rings. The zero-order chi connectivity index (χ0) is 44.6. The highest BCUT2D eigenvalue weighted by molar-refractivity contribution is 6.31. The lowest BCUT2D eigenvalue weighted by atomic mass is 9.70. The smallest absolute Gasteiger partial charge is 0.159 e. The molecule has 1 aliphatic rings. The number of nitrogens with zero attached hydrogens (tertiary/aromatic N) is 2. The highest BCUT2D eigenvalue weighted by Gasteiger charge is 2.34. The van der Waals surface area contributed by atoms with E-state index in [0.29, 0.717) is 0 Å². The summed E-state index contributed by atoms with van der Waals surface area (Å²) in [7, 11) is 0. The molecule has 0 aliphatic heterocycles. The SMILES string of the molecule is Cc1ccc(N(c2cc(C(C)C)c3ccc4c(N(c5ccc(C)cc5)c5cccc6c5oc5ccccc56)cc5c6c(cc2c3c46)C(C)(C)CC5)c2cccc3c2oc2ccccc23)cc1. The molecule has 4 heteroatoms. The maximum Gasteiger partial charge on any atom is 0.159 e. The Morgan fingerprint density at radius 2 is 0.970 bits per heavy atom. The van der Waals surface area contributed by atoms with Crippen LogP contribution in [-0.4, -0.2) is 0 Å². The topological polar surface area (TPSA) is 32.8 Å². The van der Waals surface area contributed by atoms with Crippen LogP contribution in [0.25, 0.3) is 76.2 Å². The van der Waals surface area contributed by atoms with Gasteiger partial charge in [0, 0.05) is 49.1 Å². The molecule has 2 heterocycles. The number of furan rings is 2. The first-order chi connectivity index (χ1) is 32.1. The van der Waals surface area contributed by atoms with E-state index in [1.165, 1.54) is 60.1 Å². The summed E-state index contributed by atoms with van der Waals surface area (Å²) in [6.07, 6.45) is 2.04. The molecule has 12 aromatic rings. The molecule has 10 aromatic carbocycles. The number of benzene rings is 10. The van der Waals surface area contributed by atoms with Crippen LogP contribution in [0, 0.1) is 13.8 Å². The lowest BCUT2D eigenvalue weighted by molar-refractivity contribution is 0.475. The Hall–Kier alpha value is -7.56. The first-order valence-corrected chi connectivity index (χ1v) is 23.5. The van der Waals surface area contributed by atoms with Gasteiger partial charge >= 0.3 is 0 Å². The second-order valence-electron chi connectivity index (χ2n) is 19.7. The highest BCUT2D eigenvalue weighted by atomic mass is 16.3. The van der Waals surface area contributed by atoms with Gasteiger partial charge in [-0.1, -0.05) is 136 Å². The average Bonchev–Trinajstić information content (AvgIpc) is 3.91. The summed E-state index contributed by atoms with van der Waals surface area (Å²) in [6.45, 7) is 13.9. The van der Waals surface area contributed by atoms with Gasteiger partial charge in [-0.25, -0.2) is 0 Å². The standard InChI is InChI=1S/C62H50N2O2/c1-36(2)48-35-54(64(41-27-23-38(4)24-28-41)52-18-12-16-46-43-14-8-10-20-56(43)66-61(46)52)49-34-50-57-39(31-32-62(50,5)6)33-53(47-30-29-44(48)58(49)59(47)57)63(40-25-21-37(3)22-26-40)51-17-11-15-45-42-13-7-9-19-55(42)65-60(45)51/h7-30,33-36H,31-32H2,1-6H3. The zero-order valence-corrected chi connectivity index (χ0v) is 38.3. The maximum atomic E-state index is 6.87. The number of aryl methyl sites for hydroxylation is 3. The molecule has 66 heavy (non-hydrogen) atoms. The van der Waals surface area contributed by atoms with Crippen LogP contribution in [0.1, 0.15) is 67.9 Å². The van der Waals surface area contributed by atoms with Gasteiger partial charge in [0.2, 0.25) is 0 Å². The van der Waals surface area contributed by atoms with E-state index in [1.807, 2.05) is 0 Å². The second kappa shape index (κ2) is 14.2. The van der Waals surface area contributed by atoms with E-state index in [2.05, 4.69) is 215 Å². The molecule has 0 spiro atoms. The van der Waals surface area contributed by atoms with Gasteiger partial charge in [-0.2, -0.15) is 0 Å². The quantitative estimate of drug-likeness (QED) is 0.150. The molecule has 0 N–H and O–H groups in total. The number of hydrogen-bond donors (Lipinski definition) is 0. The van der Waals surface area contributed by atoms with Crippen LogP contribution in [0.3, 0.4) is 0 Å². The molecular formula is C62H50N2O2. The molecule has 0 radical (unpaired) electrons. The number of rotatable bonds is 7. The molecule has 320 valence electrons. The highest BCUT2D eigenvalue weighted by Crippen LogP contribution is 2.55. The van der Waals surface area contributed by atoms with Crippen LogP contribution in [0.15, 0.2) is 173 Å². The monoisotopic (exact) mass is 854 g/mol. The molecule has 2 aromatic heterocycles. The van der Waals surface area contributed by atoms with Gasteiger partial charge in [0.1, 0.15) is 11.2 Å². The fourth-order valence-electron chi connectivity index (χ4n) is 11.4. The number of para-hydroxylation sites is 4. The summed E-state index contributed by atoms with van der Waals surface area (Å²) in [5.41, 5.74) is 16.6. The van der Waals surface area contributed by atoms with Gasteiger partial charge in [0.15, 0.2) is 11.2 Å². The van der Waals surface area contributed by atoms with Crippen molar-refractivity contribution in [3.63, 3.8) is 0 Å². The van der Waals surface area contributed by atoms with Crippen molar-refractivity contribution in [3.8, 4) is 0 Å². The number of fused-ring (bicyclic) bond motifs is 6. The largest absolute Gasteiger partial charge is 0.454 e. The van der Waals surface area contributed by atoms with Crippen molar-refractivity contribution >= 4 is 110 Å². The molecule has 0 bridgehead atoms. The van der Waals surface area contributed by atoms with Crippen molar-refractivity contribution in [3.05, 3.63) is 192 Å². The van der Waals surface area contributed by atoms with Crippen molar-refractivity contribution in [2.24, 2.45) is 0 Å². The van der Waals surface area contributed by atoms with Gasteiger partial charge in [0.05, 0.1) is 22.7 Å². The first-order valence-electron chi connectivity index (χ1n) is 23.5. The third-order valence-corrected chi connectivity index (χ3v) is 14.8. The van der Waals surface area contributed by atoms with Crippen molar-refractivity contribution in [2.45, 2.75) is 65.7 Å². The fraction of sp³-hybridized carbons (Fsp3) is 0.161. The first kappa shape index (κ1) is 38.9. The molecule has 4 nitrogen and oxygen atoms in total. The van der Waals surface area contributed by atoms with Crippen LogP contribution in [0.5, 0.6) is 0 Å². The second-order valence-corrected chi connectivity index (χ2v) is 19.7. The summed E-state index contributed by atoms with van der Waals surface area (Å²) in [4.78, 5) is 4.95. The Morgan fingerprint density at radius 3 is 1.53 bits per heavy atom. The van der Waals surface area contributed by atoms with Gasteiger partial charge in [-0.15, -0.1) is 0 Å². The Bertz CT molecular complexity index is 3900. The third-order valence-electron chi connectivity index (χ3n) is 14.8. The Balaban J connectivity index is 1.18. The molecule has 13 rings (SSSR count). The molecule has 0 amide bonds. The summed E-state index contributed by atoms with van der Waals surface area (Å²) < 4.78 is 13.7. The Morgan fingerprint density at radius 1 is 0.455 bits per heavy atom. The molecule has 0 unspecified atom stereocenters. The van der Waals surface area contributed by atoms with E-state index >= 15 is 0 Å². The van der Waals surface area contributed by atoms with E-state index in [4.69, 9.17) is 8.83 Å². The molecule has 0 saturated carbocycles. The summed E-state index contributed by atoms with van der Waals surface area (Å²) >= 11 is 0. The predicted molar refractivity (Wildman–Crippen MR) is 279 cm³/mol. The van der Waals surface area contributed by atoms with Crippen LogP contribution >= 0.6 is 0 Å². The van der Waals surface area contributed by atoms with E-state index in [0.717, 1.165) is 90.8 Å². The Kier molecular flexibility index (Phi) is 8.37. The van der Waals surface area contributed by atoms with Crippen molar-refractivity contribution in [1.82, 2.24) is 0 Å². The van der Waals surface area contributed by atoms with Crippen LogP contribution < -0.4 is 9.80 Å². The van der Waals surface area contributed by atoms with Crippen LogP contribution in [0.4, 0.5) is 34.1 Å². The molecule has 1 aliphatic carbocycles. The minimum Gasteiger partial charge on any atom is -0.454 e. The van der Waals surface area contributed by atoms with Gasteiger partial charge in [-0.05, 0) is 138 Å². The lowest BCUT2D eigenvalue weighted by Gasteiger charge is -2.37. The maximum absolute atomic E-state index is 6.87. The normalized spacial score (nSPS) is 13.7. The van der Waals surface area contributed by atoms with E-state index in [1.54, 1.807) is 0 Å². The van der Waals surface area contributed by atoms with Crippen molar-refractivity contribution < 1.29 is 8.83 Å². The summed E-state index contributed by atoms with van der Waals surface area (Å²) in [5, 5.41) is 12.3. The Labute approximate surface area is 384 Å². The minimum absolute atomic E-state index is 0.0563. The average molecular weight is 855 g/mol. The number of hydrogen-bond acceptors (Lipinski definition) is 4. The molecular weight excluding hydrogens is 805 g/mol. The van der Waals surface area contributed by atoms with Crippen molar-refractivity contribution in [2.75, 3.05) is 9.80 Å². The zero-order valence-electron chi connectivity index (χ0n) is 38.3. The van der Waals surface area contributed by atoms with Crippen molar-refractivity contribution in [1.29, 1.82) is 0 Å². The fourth-order valence-corrected chi connectivity index (χ4v) is 11.4. The van der Waals surface area contributed by atoms with Gasteiger partial charge in [0.25, 0.3) is 0 Å². The lowest BCUT2D eigenvalue weighted by Crippen LogP contribution is -2.24. The van der Waals surface area contributed by atoms with Gasteiger partial charge in [-0.3, -0.25) is 0 Å². The molecule has 0 saturated heterocycles. The molecule has 0 atom stereocenters. The third kappa shape index (κ3) is 5.64. The predicted octanol–water partition coefficient (Wildman–Crippen LogP) is 18.3. The minimum atomic E-state index is -0.0563. The summed E-state index contributed by atoms with van der Waals surface area (Å²) in [5.74, 6) is 0.257. The van der Waals surface area contributed by atoms with Crippen LogP contribution in [0.2, 0.25) is 0 Å². The number of anilines is 6. The van der Waals surface area contributed by atoms with E-state index < -0.39 is 0 Å². The van der Waals surface area contributed by atoms with Crippen LogP contribution in [-0.2, 0) is 11.8 Å². The van der Waals surface area contributed by atoms with Gasteiger partial charge < -0.3 is 18.6 Å².